The zero-order valence-corrected chi connectivity index (χ0v) is 26.6. The normalized spacial score (nSPS) is 0.522. The molecule has 114 valence electrons. The molecule has 0 bridgehead atoms. The standard InChI is InChI=1S/6CN.Fe.4K.6H2O/c6*1-2;;;;;;;;;;;/h;;;;;;;;;;;6*1H2/q6*-1;+4;;;2*+1;;;;;;. The van der Waals surface area contributed by atoms with E-state index < -0.39 is 0 Å². The summed E-state index contributed by atoms with van der Waals surface area (Å²) in [5, 5.41) is 37.5. The Morgan fingerprint density at radius 1 is 0.304 bits per heavy atom. The van der Waals surface area contributed by atoms with Gasteiger partial charge in [0.1, 0.15) is 0 Å². The summed E-state index contributed by atoms with van der Waals surface area (Å²) in [6, 6.07) is 0. The van der Waals surface area contributed by atoms with Crippen LogP contribution in [0.2, 0.25) is 0 Å². The Balaban J connectivity index is -0.00000000114. The molecule has 0 aromatic heterocycles. The summed E-state index contributed by atoms with van der Waals surface area (Å²) in [7, 11) is 0. The Kier molecular flexibility index (Phi) is 9030. The van der Waals surface area contributed by atoms with Crippen LogP contribution in [0.4, 0.5) is 0 Å². The van der Waals surface area contributed by atoms with Crippen LogP contribution in [0.25, 0.3) is 0 Å². The topological polar surface area (TPSA) is 332 Å². The third-order valence-corrected chi connectivity index (χ3v) is 0. The minimum absolute atomic E-state index is 0. The molecule has 2 radical (unpaired) electrons. The van der Waals surface area contributed by atoms with Gasteiger partial charge in [0.2, 0.25) is 0 Å². The summed E-state index contributed by atoms with van der Waals surface area (Å²) in [5.41, 5.74) is 0. The first-order valence-electron chi connectivity index (χ1n) is 1.34. The Labute approximate surface area is 317 Å². The van der Waals surface area contributed by atoms with Crippen molar-refractivity contribution >= 4 is 103 Å². The molecule has 0 aliphatic carbocycles. The van der Waals surface area contributed by atoms with Gasteiger partial charge in [0.25, 0.3) is 0 Å². The van der Waals surface area contributed by atoms with E-state index in [-0.39, 0.29) is 255 Å². The molecule has 0 fully saturated rings. The van der Waals surface area contributed by atoms with Gasteiger partial charge in [0, 0.05) is 103 Å². The molecule has 0 aromatic rings. The van der Waals surface area contributed by atoms with E-state index in [0.29, 0.717) is 0 Å². The fraction of sp³-hybridized carbons (Fsp3) is 0. The van der Waals surface area contributed by atoms with E-state index in [0.717, 1.165) is 0 Å². The molecule has 12 N–H and O–H groups in total. The van der Waals surface area contributed by atoms with Gasteiger partial charge in [-0.05, 0) is 0 Å². The molecule has 0 aliphatic rings. The summed E-state index contributed by atoms with van der Waals surface area (Å²) in [6.07, 6.45) is 0. The number of rotatable bonds is 0. The van der Waals surface area contributed by atoms with Gasteiger partial charge >= 0.3 is 120 Å². The van der Waals surface area contributed by atoms with Crippen molar-refractivity contribution in [2.24, 2.45) is 0 Å². The zero-order chi connectivity index (χ0) is 12.0. The summed E-state index contributed by atoms with van der Waals surface area (Å²) >= 11 is 0. The molecule has 0 atom stereocenters. The molecule has 23 heavy (non-hydrogen) atoms. The van der Waals surface area contributed by atoms with Crippen LogP contribution < -0.4 is 103 Å². The second kappa shape index (κ2) is 1110. The van der Waals surface area contributed by atoms with Crippen molar-refractivity contribution in [3.05, 3.63) is 39.4 Å². The van der Waals surface area contributed by atoms with Crippen molar-refractivity contribution in [3.63, 3.8) is 0 Å². The van der Waals surface area contributed by atoms with E-state index in [2.05, 4.69) is 0 Å². The van der Waals surface area contributed by atoms with Crippen LogP contribution in [0.1, 0.15) is 0 Å². The van der Waals surface area contributed by atoms with Gasteiger partial charge in [0.05, 0.1) is 0 Å². The smallest absolute Gasteiger partial charge is 0.512 e. The van der Waals surface area contributed by atoms with Crippen LogP contribution >= 0.6 is 0 Å². The molecule has 0 spiro atoms. The molecule has 0 saturated carbocycles. The third-order valence-electron chi connectivity index (χ3n) is 0. The van der Waals surface area contributed by atoms with Crippen LogP contribution in [0.5, 0.6) is 0 Å². The van der Waals surface area contributed by atoms with Gasteiger partial charge in [-0.3, -0.25) is 0 Å². The third kappa shape index (κ3) is 1030. The molecule has 0 aliphatic heterocycles. The van der Waals surface area contributed by atoms with Crippen LogP contribution in [0, 0.1) is 71.0 Å². The number of hydrogen-bond donors (Lipinski definition) is 0. The van der Waals surface area contributed by atoms with Crippen LogP contribution in [-0.2, 0) is 17.1 Å². The van der Waals surface area contributed by atoms with Gasteiger partial charge in [-0.2, -0.15) is 0 Å². The minimum Gasteiger partial charge on any atom is -0.512 e. The van der Waals surface area contributed by atoms with Crippen molar-refractivity contribution in [1.29, 1.82) is 31.6 Å². The molecule has 0 saturated heterocycles. The van der Waals surface area contributed by atoms with E-state index in [1.165, 1.54) is 0 Å². The van der Waals surface area contributed by atoms with Crippen molar-refractivity contribution in [2.45, 2.75) is 0 Å². The second-order valence-corrected chi connectivity index (χ2v) is 0. The molecular weight excluding hydrogens is 464 g/mol. The predicted octanol–water partition coefficient (Wildman–Crippen LogP) is -11.1. The first-order valence-corrected chi connectivity index (χ1v) is 1.34. The maximum absolute atomic E-state index is 6.25. The molecular formula is C6H12FeK4N6O6. The number of nitrogens with zero attached hydrogens (tertiary/aromatic N) is 6. The fourth-order valence-electron chi connectivity index (χ4n) is 0. The molecule has 17 heteroatoms. The van der Waals surface area contributed by atoms with E-state index in [1.54, 1.807) is 0 Å². The van der Waals surface area contributed by atoms with E-state index in [9.17, 15) is 0 Å². The SMILES string of the molecule is O.O.O.O.O.O.[C-]#N.[C-]#N.[C-]#N.[C-]#N.[C-]#N.[C-]#N.[Fe+4].[K+].[K+].[K].[K]. The first-order chi connectivity index (χ1) is 6.00. The fourth-order valence-corrected chi connectivity index (χ4v) is 0. The Morgan fingerprint density at radius 3 is 0.304 bits per heavy atom. The van der Waals surface area contributed by atoms with E-state index in [4.69, 9.17) is 71.0 Å². The molecule has 12 nitrogen and oxygen atoms in total. The Bertz CT molecular complexity index is 125. The van der Waals surface area contributed by atoms with Gasteiger partial charge in [0.15, 0.2) is 0 Å². The number of hydrogen-bond acceptors (Lipinski definition) is 6. The second-order valence-electron chi connectivity index (χ2n) is 0. The van der Waals surface area contributed by atoms with Crippen LogP contribution in [0.3, 0.4) is 0 Å². The van der Waals surface area contributed by atoms with Gasteiger partial charge in [-0.1, -0.05) is 0 Å². The first kappa shape index (κ1) is 186. The van der Waals surface area contributed by atoms with Crippen molar-refractivity contribution in [1.82, 2.24) is 0 Å². The molecule has 0 amide bonds. The summed E-state index contributed by atoms with van der Waals surface area (Å²) in [6.45, 7) is 28.5. The van der Waals surface area contributed by atoms with Gasteiger partial charge in [-0.15, -0.1) is 0 Å². The zero-order valence-electron chi connectivity index (χ0n) is 13.0. The van der Waals surface area contributed by atoms with Gasteiger partial charge in [-0.25, -0.2) is 0 Å². The quantitative estimate of drug-likeness (QED) is 0.241. The van der Waals surface area contributed by atoms with Crippen LogP contribution in [-0.4, -0.2) is 136 Å². The molecule has 0 rings (SSSR count). The Morgan fingerprint density at radius 2 is 0.304 bits per heavy atom. The monoisotopic (exact) mass is 476 g/mol. The largest absolute Gasteiger partial charge is 4.00 e. The van der Waals surface area contributed by atoms with Crippen LogP contribution in [0.15, 0.2) is 0 Å². The van der Waals surface area contributed by atoms with Gasteiger partial charge < -0.3 is 104 Å². The van der Waals surface area contributed by atoms with Crippen molar-refractivity contribution < 1.29 is 153 Å². The Hall–Kier alpha value is 3.76. The van der Waals surface area contributed by atoms with E-state index >= 15 is 0 Å². The maximum atomic E-state index is 6.25. The summed E-state index contributed by atoms with van der Waals surface area (Å²) in [5.74, 6) is 0. The summed E-state index contributed by atoms with van der Waals surface area (Å²) < 4.78 is 0. The molecule has 0 heterocycles. The average molecular weight is 476 g/mol. The predicted molar refractivity (Wildman–Crippen MR) is 63.0 cm³/mol. The van der Waals surface area contributed by atoms with Crippen molar-refractivity contribution in [2.75, 3.05) is 0 Å². The van der Waals surface area contributed by atoms with Crippen molar-refractivity contribution in [3.8, 4) is 0 Å². The summed E-state index contributed by atoms with van der Waals surface area (Å²) in [4.78, 5) is 0. The average Bonchev–Trinajstić information content (AvgIpc) is 2.33. The molecule has 0 aromatic carbocycles. The van der Waals surface area contributed by atoms with E-state index in [1.807, 2.05) is 0 Å². The molecule has 0 unspecified atom stereocenters. The minimum atomic E-state index is 0. The maximum Gasteiger partial charge on any atom is 4.00 e.